The van der Waals surface area contributed by atoms with Crippen molar-refractivity contribution in [2.75, 3.05) is 7.11 Å². The molecule has 0 saturated carbocycles. The van der Waals surface area contributed by atoms with Crippen LogP contribution in [0.25, 0.3) is 0 Å². The third kappa shape index (κ3) is 2.67. The number of methoxy groups -OCH3 is 1. The van der Waals surface area contributed by atoms with E-state index in [0.717, 1.165) is 28.4 Å². The van der Waals surface area contributed by atoms with E-state index in [2.05, 4.69) is 0 Å². The van der Waals surface area contributed by atoms with Gasteiger partial charge in [0.25, 0.3) is 0 Å². The van der Waals surface area contributed by atoms with Crippen LogP contribution >= 0.6 is 11.8 Å². The molecule has 0 saturated heterocycles. The van der Waals surface area contributed by atoms with Crippen molar-refractivity contribution in [2.45, 2.75) is 24.2 Å². The van der Waals surface area contributed by atoms with Gasteiger partial charge in [0.2, 0.25) is 0 Å². The van der Waals surface area contributed by atoms with Gasteiger partial charge < -0.3 is 4.74 Å². The number of allylic oxidation sites excluding steroid dienone is 2. The van der Waals surface area contributed by atoms with E-state index >= 15 is 0 Å². The summed E-state index contributed by atoms with van der Waals surface area (Å²) >= 11 is 1.55. The van der Waals surface area contributed by atoms with Gasteiger partial charge in [-0.1, -0.05) is 17.8 Å². The van der Waals surface area contributed by atoms with Crippen LogP contribution in [-0.4, -0.2) is 12.9 Å². The second-order valence-corrected chi connectivity index (χ2v) is 4.78. The van der Waals surface area contributed by atoms with Crippen LogP contribution in [0.15, 0.2) is 40.1 Å². The maximum Gasteiger partial charge on any atom is 0.169 e. The molecule has 0 fully saturated rings. The van der Waals surface area contributed by atoms with Crippen LogP contribution in [0.4, 0.5) is 0 Å². The molecule has 1 aromatic carbocycles. The Morgan fingerprint density at radius 3 is 2.62 bits per heavy atom. The van der Waals surface area contributed by atoms with Crippen LogP contribution in [-0.2, 0) is 4.79 Å². The Hall–Kier alpha value is -1.22. The van der Waals surface area contributed by atoms with Crippen molar-refractivity contribution >= 4 is 17.5 Å². The SMILES string of the molecule is COc1ccc(SC2=CCCCC2=O)cc1. The molecule has 0 aliphatic heterocycles. The lowest BCUT2D eigenvalue weighted by Crippen LogP contribution is -2.03. The molecule has 1 aliphatic rings. The third-order valence-electron chi connectivity index (χ3n) is 2.50. The molecular weight excluding hydrogens is 220 g/mol. The largest absolute Gasteiger partial charge is 0.497 e. The molecule has 0 amide bonds. The molecule has 0 radical (unpaired) electrons. The van der Waals surface area contributed by atoms with E-state index in [9.17, 15) is 4.79 Å². The molecule has 0 bridgehead atoms. The molecule has 0 atom stereocenters. The van der Waals surface area contributed by atoms with Crippen LogP contribution in [0.3, 0.4) is 0 Å². The second kappa shape index (κ2) is 5.21. The quantitative estimate of drug-likeness (QED) is 0.801. The minimum absolute atomic E-state index is 0.270. The minimum atomic E-state index is 0.270. The molecular formula is C13H14O2S. The Morgan fingerprint density at radius 2 is 2.00 bits per heavy atom. The molecule has 0 unspecified atom stereocenters. The van der Waals surface area contributed by atoms with Crippen LogP contribution in [0.1, 0.15) is 19.3 Å². The van der Waals surface area contributed by atoms with Gasteiger partial charge >= 0.3 is 0 Å². The summed E-state index contributed by atoms with van der Waals surface area (Å²) in [5.41, 5.74) is 0. The Kier molecular flexibility index (Phi) is 3.67. The highest BCUT2D eigenvalue weighted by Crippen LogP contribution is 2.32. The normalized spacial score (nSPS) is 15.8. The first-order valence-electron chi connectivity index (χ1n) is 5.35. The van der Waals surface area contributed by atoms with E-state index in [0.29, 0.717) is 6.42 Å². The Morgan fingerprint density at radius 1 is 1.25 bits per heavy atom. The van der Waals surface area contributed by atoms with Gasteiger partial charge in [0.05, 0.1) is 12.0 Å². The smallest absolute Gasteiger partial charge is 0.169 e. The monoisotopic (exact) mass is 234 g/mol. The van der Waals surface area contributed by atoms with Crippen molar-refractivity contribution in [3.63, 3.8) is 0 Å². The maximum atomic E-state index is 11.6. The molecule has 0 aromatic heterocycles. The molecule has 2 nitrogen and oxygen atoms in total. The Balaban J connectivity index is 2.08. The molecule has 16 heavy (non-hydrogen) atoms. The third-order valence-corrected chi connectivity index (χ3v) is 3.62. The molecule has 1 aromatic rings. The van der Waals surface area contributed by atoms with Crippen molar-refractivity contribution in [3.8, 4) is 5.75 Å². The Bertz CT molecular complexity index is 406. The molecule has 0 N–H and O–H groups in total. The first-order chi connectivity index (χ1) is 7.79. The van der Waals surface area contributed by atoms with Gasteiger partial charge in [-0.05, 0) is 37.1 Å². The number of hydrogen-bond donors (Lipinski definition) is 0. The van der Waals surface area contributed by atoms with Crippen LogP contribution < -0.4 is 4.74 Å². The zero-order chi connectivity index (χ0) is 11.4. The van der Waals surface area contributed by atoms with Crippen LogP contribution in [0.2, 0.25) is 0 Å². The number of Topliss-reactive ketones (excluding diaryl/α,β-unsaturated/α-hetero) is 1. The molecule has 2 rings (SSSR count). The number of ether oxygens (including phenoxy) is 1. The lowest BCUT2D eigenvalue weighted by molar-refractivity contribution is -0.115. The molecule has 84 valence electrons. The fourth-order valence-electron chi connectivity index (χ4n) is 1.60. The van der Waals surface area contributed by atoms with Gasteiger partial charge in [0.15, 0.2) is 5.78 Å². The highest BCUT2D eigenvalue weighted by molar-refractivity contribution is 8.04. The summed E-state index contributed by atoms with van der Waals surface area (Å²) in [4.78, 5) is 13.6. The summed E-state index contributed by atoms with van der Waals surface area (Å²) in [5.74, 6) is 1.11. The number of ketones is 1. The van der Waals surface area contributed by atoms with Gasteiger partial charge in [-0.2, -0.15) is 0 Å². The van der Waals surface area contributed by atoms with E-state index in [-0.39, 0.29) is 5.78 Å². The van der Waals surface area contributed by atoms with Gasteiger partial charge in [0.1, 0.15) is 5.75 Å². The maximum absolute atomic E-state index is 11.6. The van der Waals surface area contributed by atoms with Crippen LogP contribution in [0, 0.1) is 0 Å². The highest BCUT2D eigenvalue weighted by atomic mass is 32.2. The number of carbonyl (C=O) groups is 1. The van der Waals surface area contributed by atoms with E-state index in [1.165, 1.54) is 0 Å². The average Bonchev–Trinajstić information content (AvgIpc) is 2.33. The second-order valence-electron chi connectivity index (χ2n) is 3.66. The van der Waals surface area contributed by atoms with Gasteiger partial charge in [0, 0.05) is 11.3 Å². The fourth-order valence-corrected chi connectivity index (χ4v) is 2.55. The summed E-state index contributed by atoms with van der Waals surface area (Å²) < 4.78 is 5.09. The van der Waals surface area contributed by atoms with E-state index in [1.54, 1.807) is 18.9 Å². The van der Waals surface area contributed by atoms with Gasteiger partial charge in [-0.15, -0.1) is 0 Å². The molecule has 3 heteroatoms. The Labute approximate surface area is 99.7 Å². The van der Waals surface area contributed by atoms with E-state index in [4.69, 9.17) is 4.74 Å². The first-order valence-corrected chi connectivity index (χ1v) is 6.16. The number of benzene rings is 1. The van der Waals surface area contributed by atoms with Crippen molar-refractivity contribution < 1.29 is 9.53 Å². The fraction of sp³-hybridized carbons (Fsp3) is 0.308. The summed E-state index contributed by atoms with van der Waals surface area (Å²) in [5, 5.41) is 0. The minimum Gasteiger partial charge on any atom is -0.497 e. The number of hydrogen-bond acceptors (Lipinski definition) is 3. The van der Waals surface area contributed by atoms with Gasteiger partial charge in [-0.3, -0.25) is 4.79 Å². The molecule has 0 heterocycles. The van der Waals surface area contributed by atoms with Crippen molar-refractivity contribution in [1.29, 1.82) is 0 Å². The number of rotatable bonds is 3. The first kappa shape index (κ1) is 11.3. The van der Waals surface area contributed by atoms with Gasteiger partial charge in [-0.25, -0.2) is 0 Å². The van der Waals surface area contributed by atoms with Crippen molar-refractivity contribution in [2.24, 2.45) is 0 Å². The molecule has 1 aliphatic carbocycles. The van der Waals surface area contributed by atoms with Crippen molar-refractivity contribution in [1.82, 2.24) is 0 Å². The summed E-state index contributed by atoms with van der Waals surface area (Å²) in [6.07, 6.45) is 4.74. The molecule has 0 spiro atoms. The zero-order valence-electron chi connectivity index (χ0n) is 9.23. The van der Waals surface area contributed by atoms with E-state index < -0.39 is 0 Å². The van der Waals surface area contributed by atoms with Crippen molar-refractivity contribution in [3.05, 3.63) is 35.2 Å². The summed E-state index contributed by atoms with van der Waals surface area (Å²) in [6.45, 7) is 0. The predicted octanol–water partition coefficient (Wildman–Crippen LogP) is 3.42. The number of carbonyl (C=O) groups excluding carboxylic acids is 1. The lowest BCUT2D eigenvalue weighted by Gasteiger charge is -2.11. The number of thioether (sulfide) groups is 1. The predicted molar refractivity (Wildman–Crippen MR) is 65.8 cm³/mol. The van der Waals surface area contributed by atoms with E-state index in [1.807, 2.05) is 30.3 Å². The summed E-state index contributed by atoms with van der Waals surface area (Å²) in [6, 6.07) is 7.78. The average molecular weight is 234 g/mol. The standard InChI is InChI=1S/C13H14O2S/c1-15-10-6-8-11(9-7-10)16-13-5-3-2-4-12(13)14/h5-9H,2-4H2,1H3. The lowest BCUT2D eigenvalue weighted by atomic mass is 10.1. The van der Waals surface area contributed by atoms with Crippen LogP contribution in [0.5, 0.6) is 5.75 Å². The summed E-state index contributed by atoms with van der Waals surface area (Å²) in [7, 11) is 1.65. The highest BCUT2D eigenvalue weighted by Gasteiger charge is 2.14. The topological polar surface area (TPSA) is 26.3 Å². The zero-order valence-corrected chi connectivity index (χ0v) is 10.0.